The van der Waals surface area contributed by atoms with E-state index in [9.17, 15) is 39.3 Å². The number of carbonyl (C=O) groups excluding carboxylic acids is 4. The lowest BCUT2D eigenvalue weighted by Crippen LogP contribution is -2.60. The number of aliphatic carboxylic acids is 1. The number of hydrogen-bond donors (Lipinski definition) is 11. The molecule has 0 radical (unpaired) electrons. The Morgan fingerprint density at radius 1 is 0.756 bits per heavy atom. The maximum atomic E-state index is 13.2. The summed E-state index contributed by atoms with van der Waals surface area (Å²) < 4.78 is 0. The van der Waals surface area contributed by atoms with Crippen LogP contribution in [0.5, 0.6) is 5.75 Å². The van der Waals surface area contributed by atoms with Crippen LogP contribution in [0.1, 0.15) is 11.3 Å². The molecule has 1 heterocycles. The van der Waals surface area contributed by atoms with Crippen LogP contribution < -0.4 is 27.0 Å². The van der Waals surface area contributed by atoms with Crippen molar-refractivity contribution in [2.75, 3.05) is 19.8 Å². The fraction of sp³-hybridized carbons (Fsp3) is 0.417. The number of carboxylic acid groups (broad SMARTS) is 1. The third kappa shape index (κ3) is 10.2. The number of phenols is 1. The van der Waals surface area contributed by atoms with Crippen molar-refractivity contribution in [2.45, 2.75) is 43.1 Å². The van der Waals surface area contributed by atoms with Gasteiger partial charge in [-0.3, -0.25) is 19.2 Å². The molecule has 2 aromatic rings. The van der Waals surface area contributed by atoms with Gasteiger partial charge in [-0.1, -0.05) is 12.1 Å². The number of H-pyrrole nitrogens is 1. The van der Waals surface area contributed by atoms with Gasteiger partial charge in [0.2, 0.25) is 23.6 Å². The Balaban J connectivity index is 2.13. The molecule has 12 N–H and O–H groups in total. The van der Waals surface area contributed by atoms with Crippen molar-refractivity contribution >= 4 is 29.6 Å². The van der Waals surface area contributed by atoms with Crippen LogP contribution in [0.4, 0.5) is 0 Å². The molecule has 0 spiro atoms. The third-order valence-corrected chi connectivity index (χ3v) is 5.77. The van der Waals surface area contributed by atoms with Crippen LogP contribution in [0.3, 0.4) is 0 Å². The molecule has 0 unspecified atom stereocenters. The molecule has 0 fully saturated rings. The molecule has 17 nitrogen and oxygen atoms in total. The zero-order valence-corrected chi connectivity index (χ0v) is 21.7. The van der Waals surface area contributed by atoms with Crippen molar-refractivity contribution < 1.29 is 49.5 Å². The molecular weight excluding hydrogens is 546 g/mol. The maximum Gasteiger partial charge on any atom is 0.328 e. The molecule has 5 atom stereocenters. The number of nitrogens with zero attached hydrogens (tertiary/aromatic N) is 1. The van der Waals surface area contributed by atoms with E-state index in [2.05, 4.69) is 25.9 Å². The predicted octanol–water partition coefficient (Wildman–Crippen LogP) is -4.77. The third-order valence-electron chi connectivity index (χ3n) is 5.77. The Morgan fingerprint density at radius 3 is 1.71 bits per heavy atom. The number of phenolic OH excluding ortho intramolecular Hbond substituents is 1. The minimum Gasteiger partial charge on any atom is -0.508 e. The number of rotatable bonds is 16. The molecule has 41 heavy (non-hydrogen) atoms. The maximum absolute atomic E-state index is 13.2. The highest BCUT2D eigenvalue weighted by Crippen LogP contribution is 2.12. The first-order valence-corrected chi connectivity index (χ1v) is 12.3. The van der Waals surface area contributed by atoms with E-state index in [-0.39, 0.29) is 18.6 Å². The van der Waals surface area contributed by atoms with E-state index in [0.29, 0.717) is 11.3 Å². The number of benzene rings is 1. The van der Waals surface area contributed by atoms with Crippen molar-refractivity contribution in [3.63, 3.8) is 0 Å². The molecule has 0 aliphatic heterocycles. The van der Waals surface area contributed by atoms with Crippen molar-refractivity contribution in [3.8, 4) is 5.75 Å². The lowest BCUT2D eigenvalue weighted by atomic mass is 10.0. The van der Waals surface area contributed by atoms with E-state index in [1.54, 1.807) is 0 Å². The molecular formula is C24H33N7O10. The summed E-state index contributed by atoms with van der Waals surface area (Å²) in [6.07, 6.45) is 2.85. The Morgan fingerprint density at radius 2 is 1.24 bits per heavy atom. The summed E-state index contributed by atoms with van der Waals surface area (Å²) in [5.41, 5.74) is 7.05. The average Bonchev–Trinajstić information content (AvgIpc) is 3.46. The topological polar surface area (TPSA) is 289 Å². The number of nitrogens with one attached hydrogen (secondary N) is 5. The second-order valence-corrected chi connectivity index (χ2v) is 8.89. The second kappa shape index (κ2) is 15.9. The van der Waals surface area contributed by atoms with Gasteiger partial charge in [-0.05, 0) is 17.7 Å². The van der Waals surface area contributed by atoms with Crippen LogP contribution in [0.2, 0.25) is 0 Å². The fourth-order valence-corrected chi connectivity index (χ4v) is 3.47. The van der Waals surface area contributed by atoms with Crippen LogP contribution in [-0.2, 0) is 36.8 Å². The van der Waals surface area contributed by atoms with Gasteiger partial charge in [0.15, 0.2) is 0 Å². The van der Waals surface area contributed by atoms with Gasteiger partial charge in [-0.2, -0.15) is 0 Å². The lowest BCUT2D eigenvalue weighted by Gasteiger charge is -2.25. The number of aliphatic hydroxyl groups excluding tert-OH is 3. The van der Waals surface area contributed by atoms with Crippen LogP contribution in [0.25, 0.3) is 0 Å². The molecule has 1 aromatic carbocycles. The first-order chi connectivity index (χ1) is 19.5. The number of hydrogen-bond acceptors (Lipinski definition) is 11. The molecule has 0 bridgehead atoms. The normalized spacial score (nSPS) is 14.5. The number of nitrogens with two attached hydrogens (primary N) is 1. The van der Waals surface area contributed by atoms with Crippen LogP contribution in [-0.4, -0.2) is 115 Å². The summed E-state index contributed by atoms with van der Waals surface area (Å²) in [5.74, 6) is -5.47. The van der Waals surface area contributed by atoms with Gasteiger partial charge in [0.1, 0.15) is 29.9 Å². The monoisotopic (exact) mass is 579 g/mol. The standard InChI is InChI=1S/C24H33N7O10/c25-15(6-13-7-26-11-27-13)20(36)28-16(5-12-1-3-14(35)4-2-12)21(37)29-17(8-32)22(38)30-18(9-33)23(39)31-19(10-34)24(40)41/h1-4,7,11,15-19,32-35H,5-6,8-10,25H2,(H,26,27)(H,28,36)(H,29,37)(H,30,38)(H,31,39)(H,40,41)/t15-,16-,17-,18-,19-/m0/s1. The molecule has 0 saturated carbocycles. The molecule has 0 aliphatic carbocycles. The number of carbonyl (C=O) groups is 5. The lowest BCUT2D eigenvalue weighted by molar-refractivity contribution is -0.143. The first-order valence-electron chi connectivity index (χ1n) is 12.3. The summed E-state index contributed by atoms with van der Waals surface area (Å²) in [4.78, 5) is 68.6. The smallest absolute Gasteiger partial charge is 0.328 e. The van der Waals surface area contributed by atoms with Gasteiger partial charge >= 0.3 is 5.97 Å². The molecule has 0 saturated heterocycles. The van der Waals surface area contributed by atoms with Gasteiger partial charge in [0.05, 0.1) is 32.2 Å². The number of amides is 4. The number of carboxylic acids is 1. The largest absolute Gasteiger partial charge is 0.508 e. The van der Waals surface area contributed by atoms with Crippen molar-refractivity contribution in [2.24, 2.45) is 5.73 Å². The minimum absolute atomic E-state index is 0.0338. The van der Waals surface area contributed by atoms with Gasteiger partial charge < -0.3 is 57.5 Å². The quantitative estimate of drug-likeness (QED) is 0.0893. The van der Waals surface area contributed by atoms with Crippen LogP contribution in [0, 0.1) is 0 Å². The van der Waals surface area contributed by atoms with E-state index in [1.165, 1.54) is 36.8 Å². The number of aromatic nitrogens is 2. The van der Waals surface area contributed by atoms with E-state index in [4.69, 9.17) is 15.9 Å². The molecule has 224 valence electrons. The zero-order valence-electron chi connectivity index (χ0n) is 21.7. The van der Waals surface area contributed by atoms with Gasteiger partial charge in [-0.15, -0.1) is 0 Å². The first kappa shape index (κ1) is 32.6. The van der Waals surface area contributed by atoms with E-state index >= 15 is 0 Å². The molecule has 4 amide bonds. The van der Waals surface area contributed by atoms with Crippen molar-refractivity contribution in [1.82, 2.24) is 31.2 Å². The van der Waals surface area contributed by atoms with E-state index in [1.807, 2.05) is 5.32 Å². The molecule has 0 aliphatic rings. The number of aromatic hydroxyl groups is 1. The Labute approximate surface area is 233 Å². The zero-order chi connectivity index (χ0) is 30.5. The second-order valence-electron chi connectivity index (χ2n) is 8.89. The molecule has 17 heteroatoms. The Bertz CT molecular complexity index is 1180. The van der Waals surface area contributed by atoms with Crippen molar-refractivity contribution in [1.29, 1.82) is 0 Å². The molecule has 1 aromatic heterocycles. The van der Waals surface area contributed by atoms with Crippen molar-refractivity contribution in [3.05, 3.63) is 48.0 Å². The number of aromatic amines is 1. The average molecular weight is 580 g/mol. The predicted molar refractivity (Wildman–Crippen MR) is 139 cm³/mol. The number of aliphatic hydroxyl groups is 3. The highest BCUT2D eigenvalue weighted by Gasteiger charge is 2.31. The summed E-state index contributed by atoms with van der Waals surface area (Å²) in [6, 6.07) is -1.69. The van der Waals surface area contributed by atoms with Crippen LogP contribution >= 0.6 is 0 Å². The van der Waals surface area contributed by atoms with Crippen LogP contribution in [0.15, 0.2) is 36.8 Å². The molecule has 2 rings (SSSR count). The van der Waals surface area contributed by atoms with Gasteiger partial charge in [0.25, 0.3) is 0 Å². The van der Waals surface area contributed by atoms with Gasteiger partial charge in [-0.25, -0.2) is 9.78 Å². The summed E-state index contributed by atoms with van der Waals surface area (Å²) in [6.45, 7) is -2.89. The highest BCUT2D eigenvalue weighted by atomic mass is 16.4. The van der Waals surface area contributed by atoms with Gasteiger partial charge in [0, 0.05) is 24.7 Å². The summed E-state index contributed by atoms with van der Waals surface area (Å²) in [5, 5.41) is 55.6. The summed E-state index contributed by atoms with van der Waals surface area (Å²) >= 11 is 0. The Kier molecular flexibility index (Phi) is 12.6. The number of imidazole rings is 1. The Hall–Kier alpha value is -4.58. The minimum atomic E-state index is -1.70. The van der Waals surface area contributed by atoms with E-state index in [0.717, 1.165) is 0 Å². The fourth-order valence-electron chi connectivity index (χ4n) is 3.47. The van der Waals surface area contributed by atoms with E-state index < -0.39 is 79.6 Å². The SMILES string of the molecule is N[C@@H](Cc1cnc[nH]1)C(=O)N[C@@H](Cc1ccc(O)cc1)C(=O)N[C@@H](CO)C(=O)N[C@@H](CO)C(=O)N[C@@H](CO)C(=O)O. The summed E-state index contributed by atoms with van der Waals surface area (Å²) in [7, 11) is 0. The highest BCUT2D eigenvalue weighted by molar-refractivity contribution is 5.95.